The predicted molar refractivity (Wildman–Crippen MR) is 76.8 cm³/mol. The summed E-state index contributed by atoms with van der Waals surface area (Å²) in [5, 5.41) is 0.113. The largest absolute Gasteiger partial charge is 0.271 e. The minimum Gasteiger partial charge on any atom is -0.271 e. The molecule has 0 saturated carbocycles. The van der Waals surface area contributed by atoms with Gasteiger partial charge in [-0.15, -0.1) is 0 Å². The molecule has 0 aliphatic heterocycles. The van der Waals surface area contributed by atoms with Crippen LogP contribution in [0.5, 0.6) is 0 Å². The van der Waals surface area contributed by atoms with Crippen LogP contribution in [0.15, 0.2) is 36.5 Å². The SMILES string of the molecule is NNC(c1cccc(Cl)c1F)C1CCc2cccnc21. The number of hydrogen-bond acceptors (Lipinski definition) is 3. The number of pyridine rings is 1. The van der Waals surface area contributed by atoms with Gasteiger partial charge in [0.1, 0.15) is 5.82 Å². The van der Waals surface area contributed by atoms with E-state index >= 15 is 0 Å². The summed E-state index contributed by atoms with van der Waals surface area (Å²) in [5.41, 5.74) is 5.42. The molecule has 2 unspecified atom stereocenters. The number of nitrogens with two attached hydrogens (primary N) is 1. The molecule has 3 nitrogen and oxygen atoms in total. The summed E-state index contributed by atoms with van der Waals surface area (Å²) in [5.74, 6) is 5.32. The fourth-order valence-electron chi connectivity index (χ4n) is 2.95. The van der Waals surface area contributed by atoms with Crippen LogP contribution in [0.25, 0.3) is 0 Å². The van der Waals surface area contributed by atoms with Crippen molar-refractivity contribution in [2.45, 2.75) is 24.8 Å². The lowest BCUT2D eigenvalue weighted by Gasteiger charge is -2.24. The summed E-state index contributed by atoms with van der Waals surface area (Å²) in [6.45, 7) is 0. The molecular formula is C15H15ClFN3. The standard InChI is InChI=1S/C15H15ClFN3/c16-12-5-1-4-10(13(12)17)15(20-18)11-7-6-9-3-2-8-19-14(9)11/h1-5,8,11,15,20H,6-7,18H2. The first-order chi connectivity index (χ1) is 9.72. The Kier molecular flexibility index (Phi) is 3.70. The Hall–Kier alpha value is -1.49. The van der Waals surface area contributed by atoms with E-state index in [-0.39, 0.29) is 17.0 Å². The summed E-state index contributed by atoms with van der Waals surface area (Å²) >= 11 is 5.86. The Morgan fingerprint density at radius 3 is 3.00 bits per heavy atom. The van der Waals surface area contributed by atoms with Crippen molar-refractivity contribution in [2.75, 3.05) is 0 Å². The lowest BCUT2D eigenvalue weighted by molar-refractivity contribution is 0.429. The third-order valence-electron chi connectivity index (χ3n) is 3.90. The summed E-state index contributed by atoms with van der Waals surface area (Å²) in [6, 6.07) is 8.64. The molecule has 0 spiro atoms. The number of benzene rings is 1. The normalized spacial score (nSPS) is 18.9. The van der Waals surface area contributed by atoms with Gasteiger partial charge in [0.25, 0.3) is 0 Å². The van der Waals surface area contributed by atoms with Gasteiger partial charge < -0.3 is 0 Å². The van der Waals surface area contributed by atoms with Crippen LogP contribution in [-0.2, 0) is 6.42 Å². The maximum atomic E-state index is 14.2. The van der Waals surface area contributed by atoms with Gasteiger partial charge in [0.15, 0.2) is 0 Å². The molecule has 0 fully saturated rings. The maximum Gasteiger partial charge on any atom is 0.146 e. The van der Waals surface area contributed by atoms with Gasteiger partial charge in [-0.05, 0) is 30.5 Å². The Morgan fingerprint density at radius 1 is 1.35 bits per heavy atom. The Morgan fingerprint density at radius 2 is 2.20 bits per heavy atom. The number of nitrogens with zero attached hydrogens (tertiary/aromatic N) is 1. The van der Waals surface area contributed by atoms with Gasteiger partial charge >= 0.3 is 0 Å². The van der Waals surface area contributed by atoms with E-state index in [1.54, 1.807) is 18.3 Å². The van der Waals surface area contributed by atoms with Crippen LogP contribution in [0.2, 0.25) is 5.02 Å². The van der Waals surface area contributed by atoms with Gasteiger partial charge in [-0.3, -0.25) is 16.3 Å². The van der Waals surface area contributed by atoms with Crippen molar-refractivity contribution in [3.8, 4) is 0 Å². The average Bonchev–Trinajstić information content (AvgIpc) is 2.88. The Balaban J connectivity index is 2.02. The molecule has 3 N–H and O–H groups in total. The predicted octanol–water partition coefficient (Wildman–Crippen LogP) is 3.11. The number of fused-ring (bicyclic) bond motifs is 1. The van der Waals surface area contributed by atoms with Crippen molar-refractivity contribution in [1.29, 1.82) is 0 Å². The molecule has 1 aromatic heterocycles. The molecule has 2 atom stereocenters. The minimum absolute atomic E-state index is 0.0594. The van der Waals surface area contributed by atoms with Crippen molar-refractivity contribution < 1.29 is 4.39 Å². The number of hydrogen-bond donors (Lipinski definition) is 2. The van der Waals surface area contributed by atoms with E-state index < -0.39 is 5.82 Å². The molecule has 0 saturated heterocycles. The first kappa shape index (κ1) is 13.5. The van der Waals surface area contributed by atoms with E-state index in [1.807, 2.05) is 6.07 Å². The first-order valence-corrected chi connectivity index (χ1v) is 6.94. The molecule has 0 radical (unpaired) electrons. The van der Waals surface area contributed by atoms with Gasteiger partial charge in [0.2, 0.25) is 0 Å². The fraction of sp³-hybridized carbons (Fsp3) is 0.267. The maximum absolute atomic E-state index is 14.2. The van der Waals surface area contributed by atoms with Crippen LogP contribution in [0.3, 0.4) is 0 Å². The third kappa shape index (κ3) is 2.20. The summed E-state index contributed by atoms with van der Waals surface area (Å²) in [4.78, 5) is 4.44. The highest BCUT2D eigenvalue weighted by molar-refractivity contribution is 6.30. The number of aromatic nitrogens is 1. The molecule has 1 aromatic carbocycles. The Labute approximate surface area is 121 Å². The smallest absolute Gasteiger partial charge is 0.146 e. The molecule has 20 heavy (non-hydrogen) atoms. The van der Waals surface area contributed by atoms with Crippen LogP contribution in [-0.4, -0.2) is 4.98 Å². The second kappa shape index (κ2) is 5.48. The van der Waals surface area contributed by atoms with Crippen LogP contribution in [0, 0.1) is 5.82 Å². The quantitative estimate of drug-likeness (QED) is 0.675. The van der Waals surface area contributed by atoms with E-state index in [2.05, 4.69) is 16.5 Å². The second-order valence-electron chi connectivity index (χ2n) is 4.98. The summed E-state index contributed by atoms with van der Waals surface area (Å²) < 4.78 is 14.2. The highest BCUT2D eigenvalue weighted by Gasteiger charge is 2.33. The monoisotopic (exact) mass is 291 g/mol. The van der Waals surface area contributed by atoms with Crippen LogP contribution < -0.4 is 11.3 Å². The first-order valence-electron chi connectivity index (χ1n) is 6.56. The zero-order valence-corrected chi connectivity index (χ0v) is 11.6. The van der Waals surface area contributed by atoms with Gasteiger partial charge in [-0.25, -0.2) is 4.39 Å². The van der Waals surface area contributed by atoms with Crippen LogP contribution in [0.1, 0.15) is 35.2 Å². The second-order valence-corrected chi connectivity index (χ2v) is 5.39. The van der Waals surface area contributed by atoms with E-state index in [9.17, 15) is 4.39 Å². The highest BCUT2D eigenvalue weighted by Crippen LogP contribution is 2.41. The topological polar surface area (TPSA) is 50.9 Å². The van der Waals surface area contributed by atoms with Crippen molar-refractivity contribution in [3.63, 3.8) is 0 Å². The van der Waals surface area contributed by atoms with Crippen LogP contribution >= 0.6 is 11.6 Å². The van der Waals surface area contributed by atoms with Crippen molar-refractivity contribution in [1.82, 2.24) is 10.4 Å². The van der Waals surface area contributed by atoms with Gasteiger partial charge in [-0.2, -0.15) is 0 Å². The lowest BCUT2D eigenvalue weighted by Crippen LogP contribution is -2.33. The van der Waals surface area contributed by atoms with Crippen LogP contribution in [0.4, 0.5) is 4.39 Å². The van der Waals surface area contributed by atoms with Crippen molar-refractivity contribution in [3.05, 3.63) is 64.2 Å². The highest BCUT2D eigenvalue weighted by atomic mass is 35.5. The number of halogens is 2. The molecule has 0 amide bonds. The number of hydrazine groups is 1. The fourth-order valence-corrected chi connectivity index (χ4v) is 3.13. The number of aryl methyl sites for hydroxylation is 1. The van der Waals surface area contributed by atoms with Gasteiger partial charge in [0, 0.05) is 23.4 Å². The zero-order valence-electron chi connectivity index (χ0n) is 10.8. The van der Waals surface area contributed by atoms with E-state index in [0.29, 0.717) is 5.56 Å². The molecule has 1 aliphatic rings. The summed E-state index contributed by atoms with van der Waals surface area (Å²) in [7, 11) is 0. The number of nitrogens with one attached hydrogen (secondary N) is 1. The van der Waals surface area contributed by atoms with E-state index in [0.717, 1.165) is 18.5 Å². The van der Waals surface area contributed by atoms with Gasteiger partial charge in [-0.1, -0.05) is 29.8 Å². The minimum atomic E-state index is -0.415. The third-order valence-corrected chi connectivity index (χ3v) is 4.19. The molecule has 0 bridgehead atoms. The zero-order chi connectivity index (χ0) is 14.1. The molecule has 104 valence electrons. The Bertz CT molecular complexity index is 632. The molecule has 3 rings (SSSR count). The van der Waals surface area contributed by atoms with Gasteiger partial charge in [0.05, 0.1) is 11.1 Å². The molecule has 2 aromatic rings. The molecule has 5 heteroatoms. The lowest BCUT2D eigenvalue weighted by atomic mass is 9.91. The molecule has 1 aliphatic carbocycles. The van der Waals surface area contributed by atoms with E-state index in [1.165, 1.54) is 11.6 Å². The molecular weight excluding hydrogens is 277 g/mol. The average molecular weight is 292 g/mol. The van der Waals surface area contributed by atoms with Crippen molar-refractivity contribution in [2.24, 2.45) is 5.84 Å². The van der Waals surface area contributed by atoms with Crippen molar-refractivity contribution >= 4 is 11.6 Å². The van der Waals surface area contributed by atoms with E-state index in [4.69, 9.17) is 17.4 Å². The number of rotatable bonds is 3. The summed E-state index contributed by atoms with van der Waals surface area (Å²) in [6.07, 6.45) is 3.60. The molecule has 1 heterocycles.